The van der Waals surface area contributed by atoms with Gasteiger partial charge in [-0.1, -0.05) is 33.1 Å². The van der Waals surface area contributed by atoms with E-state index in [2.05, 4.69) is 17.6 Å². The van der Waals surface area contributed by atoms with Gasteiger partial charge < -0.3 is 21.5 Å². The summed E-state index contributed by atoms with van der Waals surface area (Å²) < 4.78 is 0. The molecule has 7 nitrogen and oxygen atoms in total. The second-order valence-corrected chi connectivity index (χ2v) is 4.83. The van der Waals surface area contributed by atoms with E-state index in [1.54, 1.807) is 0 Å². The number of urea groups is 1. The minimum atomic E-state index is -1.29. The third-order valence-corrected chi connectivity index (χ3v) is 3.10. The Morgan fingerprint density at radius 1 is 1.25 bits per heavy atom. The summed E-state index contributed by atoms with van der Waals surface area (Å²) in [5.41, 5.74) is 4.93. The molecule has 0 saturated heterocycles. The number of aliphatic carboxylic acids is 1. The maximum absolute atomic E-state index is 11.6. The molecule has 0 aliphatic heterocycles. The molecule has 0 spiro atoms. The molecule has 5 N–H and O–H groups in total. The number of primary amides is 1. The Bertz CT molecular complexity index is 334. The Morgan fingerprint density at radius 2 is 1.90 bits per heavy atom. The number of carbonyl (C=O) groups excluding carboxylic acids is 2. The molecular weight excluding hydrogens is 262 g/mol. The van der Waals surface area contributed by atoms with Crippen LogP contribution in [0.3, 0.4) is 0 Å². The molecule has 116 valence electrons. The SMILES string of the molecule is CCCCC(CC)CNC(=O)NC(CC(N)=O)C(=O)O. The van der Waals surface area contributed by atoms with Crippen molar-refractivity contribution in [3.8, 4) is 0 Å². The van der Waals surface area contributed by atoms with Crippen LogP contribution in [0.15, 0.2) is 0 Å². The number of amides is 3. The summed E-state index contributed by atoms with van der Waals surface area (Å²) in [6.45, 7) is 4.65. The van der Waals surface area contributed by atoms with Crippen molar-refractivity contribution >= 4 is 17.9 Å². The topological polar surface area (TPSA) is 122 Å². The molecule has 0 aliphatic rings. The number of carboxylic acid groups (broad SMARTS) is 1. The van der Waals surface area contributed by atoms with E-state index in [0.717, 1.165) is 25.7 Å². The minimum Gasteiger partial charge on any atom is -0.480 e. The van der Waals surface area contributed by atoms with Crippen LogP contribution >= 0.6 is 0 Å². The van der Waals surface area contributed by atoms with E-state index in [9.17, 15) is 14.4 Å². The van der Waals surface area contributed by atoms with E-state index >= 15 is 0 Å². The third kappa shape index (κ3) is 8.34. The lowest BCUT2D eigenvalue weighted by molar-refractivity contribution is -0.140. The molecule has 0 fully saturated rings. The van der Waals surface area contributed by atoms with E-state index < -0.39 is 30.4 Å². The Kier molecular flexibility index (Phi) is 9.15. The number of hydrogen-bond donors (Lipinski definition) is 4. The van der Waals surface area contributed by atoms with Gasteiger partial charge in [0.05, 0.1) is 6.42 Å². The number of unbranched alkanes of at least 4 members (excludes halogenated alkanes) is 1. The van der Waals surface area contributed by atoms with Crippen molar-refractivity contribution in [1.82, 2.24) is 10.6 Å². The Hall–Kier alpha value is -1.79. The molecule has 7 heteroatoms. The highest BCUT2D eigenvalue weighted by Crippen LogP contribution is 2.11. The molecule has 0 aliphatic carbocycles. The number of rotatable bonds is 10. The van der Waals surface area contributed by atoms with E-state index in [1.165, 1.54) is 0 Å². The van der Waals surface area contributed by atoms with Crippen LogP contribution in [0.5, 0.6) is 0 Å². The zero-order valence-electron chi connectivity index (χ0n) is 12.1. The zero-order chi connectivity index (χ0) is 15.5. The average Bonchev–Trinajstić information content (AvgIpc) is 2.37. The van der Waals surface area contributed by atoms with E-state index in [4.69, 9.17) is 10.8 Å². The second-order valence-electron chi connectivity index (χ2n) is 4.83. The molecular formula is C13H25N3O4. The first-order chi connectivity index (χ1) is 9.40. The average molecular weight is 287 g/mol. The molecule has 0 bridgehead atoms. The molecule has 0 aromatic carbocycles. The van der Waals surface area contributed by atoms with Crippen LogP contribution in [-0.4, -0.2) is 35.6 Å². The molecule has 0 aromatic heterocycles. The maximum Gasteiger partial charge on any atom is 0.326 e. The van der Waals surface area contributed by atoms with Gasteiger partial charge in [-0.05, 0) is 12.3 Å². The van der Waals surface area contributed by atoms with Crippen molar-refractivity contribution in [3.63, 3.8) is 0 Å². The summed E-state index contributed by atoms with van der Waals surface area (Å²) in [6, 6.07) is -1.88. The Labute approximate surface area is 119 Å². The number of carbonyl (C=O) groups is 3. The van der Waals surface area contributed by atoms with Crippen molar-refractivity contribution in [3.05, 3.63) is 0 Å². The summed E-state index contributed by atoms with van der Waals surface area (Å²) in [6.07, 6.45) is 3.75. The number of hydrogen-bond acceptors (Lipinski definition) is 3. The van der Waals surface area contributed by atoms with Crippen LogP contribution < -0.4 is 16.4 Å². The summed E-state index contributed by atoms with van der Waals surface area (Å²) in [5, 5.41) is 13.7. The lowest BCUT2D eigenvalue weighted by Crippen LogP contribution is -2.48. The van der Waals surface area contributed by atoms with Crippen molar-refractivity contribution in [2.75, 3.05) is 6.54 Å². The smallest absolute Gasteiger partial charge is 0.326 e. The first kappa shape index (κ1) is 18.2. The van der Waals surface area contributed by atoms with E-state index in [-0.39, 0.29) is 0 Å². The van der Waals surface area contributed by atoms with Crippen LogP contribution in [0.2, 0.25) is 0 Å². The standard InChI is InChI=1S/C13H25N3O4/c1-3-5-6-9(4-2)8-15-13(20)16-10(12(18)19)7-11(14)17/h9-10H,3-8H2,1-2H3,(H2,14,17)(H,18,19)(H2,15,16,20). The molecule has 2 atom stereocenters. The van der Waals surface area contributed by atoms with Crippen LogP contribution in [0.4, 0.5) is 4.79 Å². The van der Waals surface area contributed by atoms with Crippen molar-refractivity contribution in [1.29, 1.82) is 0 Å². The van der Waals surface area contributed by atoms with Gasteiger partial charge in [0.1, 0.15) is 6.04 Å². The Morgan fingerprint density at radius 3 is 2.35 bits per heavy atom. The number of nitrogens with two attached hydrogens (primary N) is 1. The van der Waals surface area contributed by atoms with E-state index in [1.807, 2.05) is 6.92 Å². The fraction of sp³-hybridized carbons (Fsp3) is 0.769. The lowest BCUT2D eigenvalue weighted by Gasteiger charge is -2.17. The fourth-order valence-electron chi connectivity index (χ4n) is 1.79. The molecule has 2 unspecified atom stereocenters. The zero-order valence-corrected chi connectivity index (χ0v) is 12.1. The number of carboxylic acids is 1. The van der Waals surface area contributed by atoms with Crippen LogP contribution in [0.1, 0.15) is 46.0 Å². The molecule has 0 heterocycles. The third-order valence-electron chi connectivity index (χ3n) is 3.10. The fourth-order valence-corrected chi connectivity index (χ4v) is 1.79. The van der Waals surface area contributed by atoms with E-state index in [0.29, 0.717) is 12.5 Å². The quantitative estimate of drug-likeness (QED) is 0.475. The lowest BCUT2D eigenvalue weighted by atomic mass is 9.99. The van der Waals surface area contributed by atoms with Crippen molar-refractivity contribution in [2.24, 2.45) is 11.7 Å². The van der Waals surface area contributed by atoms with Gasteiger partial charge in [-0.25, -0.2) is 9.59 Å². The van der Waals surface area contributed by atoms with Crippen LogP contribution in [0.25, 0.3) is 0 Å². The van der Waals surface area contributed by atoms with Gasteiger partial charge in [-0.2, -0.15) is 0 Å². The van der Waals surface area contributed by atoms with Gasteiger partial charge >= 0.3 is 12.0 Å². The van der Waals surface area contributed by atoms with Gasteiger partial charge in [0.2, 0.25) is 5.91 Å². The first-order valence-corrected chi connectivity index (χ1v) is 6.96. The predicted molar refractivity (Wildman–Crippen MR) is 75.1 cm³/mol. The summed E-state index contributed by atoms with van der Waals surface area (Å²) in [7, 11) is 0. The maximum atomic E-state index is 11.6. The van der Waals surface area contributed by atoms with Gasteiger partial charge in [-0.3, -0.25) is 4.79 Å². The van der Waals surface area contributed by atoms with Crippen LogP contribution in [-0.2, 0) is 9.59 Å². The van der Waals surface area contributed by atoms with Gasteiger partial charge in [0.15, 0.2) is 0 Å². The summed E-state index contributed by atoms with van der Waals surface area (Å²) in [4.78, 5) is 33.2. The highest BCUT2D eigenvalue weighted by molar-refractivity contribution is 5.87. The largest absolute Gasteiger partial charge is 0.480 e. The first-order valence-electron chi connectivity index (χ1n) is 6.96. The minimum absolute atomic E-state index is 0.375. The van der Waals surface area contributed by atoms with Crippen LogP contribution in [0, 0.1) is 5.92 Å². The van der Waals surface area contributed by atoms with Gasteiger partial charge in [0.25, 0.3) is 0 Å². The molecule has 0 radical (unpaired) electrons. The van der Waals surface area contributed by atoms with Crippen molar-refractivity contribution < 1.29 is 19.5 Å². The highest BCUT2D eigenvalue weighted by Gasteiger charge is 2.22. The summed E-state index contributed by atoms with van der Waals surface area (Å²) >= 11 is 0. The molecule has 20 heavy (non-hydrogen) atoms. The molecule has 0 rings (SSSR count). The summed E-state index contributed by atoms with van der Waals surface area (Å²) in [5.74, 6) is -1.68. The Balaban J connectivity index is 4.18. The van der Waals surface area contributed by atoms with Crippen molar-refractivity contribution in [2.45, 2.75) is 52.0 Å². The van der Waals surface area contributed by atoms with Gasteiger partial charge in [-0.15, -0.1) is 0 Å². The normalized spacial score (nSPS) is 13.3. The predicted octanol–water partition coefficient (Wildman–Crippen LogP) is 0.831. The molecule has 0 aromatic rings. The number of nitrogens with one attached hydrogen (secondary N) is 2. The highest BCUT2D eigenvalue weighted by atomic mass is 16.4. The molecule has 3 amide bonds. The monoisotopic (exact) mass is 287 g/mol. The molecule has 0 saturated carbocycles. The second kappa shape index (κ2) is 10.1. The van der Waals surface area contributed by atoms with Gasteiger partial charge in [0, 0.05) is 6.54 Å².